The van der Waals surface area contributed by atoms with Crippen LogP contribution in [-0.4, -0.2) is 50.2 Å². The van der Waals surface area contributed by atoms with Crippen molar-refractivity contribution in [2.24, 2.45) is 11.3 Å². The Morgan fingerprint density at radius 3 is 2.40 bits per heavy atom. The molecule has 0 bridgehead atoms. The molecular weight excluding hydrogens is 252 g/mol. The van der Waals surface area contributed by atoms with Gasteiger partial charge in [0.05, 0.1) is 7.11 Å². The number of nitrogens with one attached hydrogen (secondary N) is 1. The zero-order valence-corrected chi connectivity index (χ0v) is 13.5. The number of likely N-dealkylation sites (N-methyl/N-ethyl adjacent to an activating group) is 1. The smallest absolute Gasteiger partial charge is 0.327 e. The maximum Gasteiger partial charge on any atom is 0.327 e. The zero-order chi connectivity index (χ0) is 14.8. The van der Waals surface area contributed by atoms with Crippen LogP contribution >= 0.6 is 0 Å². The second-order valence-corrected chi connectivity index (χ2v) is 6.93. The Labute approximate surface area is 123 Å². The predicted octanol–water partition coefficient (Wildman–Crippen LogP) is 2.04. The third-order valence-electron chi connectivity index (χ3n) is 5.66. The van der Waals surface area contributed by atoms with E-state index in [9.17, 15) is 4.79 Å². The van der Waals surface area contributed by atoms with Gasteiger partial charge in [0, 0.05) is 6.54 Å². The minimum absolute atomic E-state index is 0.0914. The number of hydrogen-bond donors (Lipinski definition) is 1. The lowest BCUT2D eigenvalue weighted by atomic mass is 9.78. The van der Waals surface area contributed by atoms with Crippen molar-refractivity contribution in [2.45, 2.75) is 51.5 Å². The summed E-state index contributed by atoms with van der Waals surface area (Å²) in [4.78, 5) is 14.7. The van der Waals surface area contributed by atoms with Gasteiger partial charge < -0.3 is 15.0 Å². The van der Waals surface area contributed by atoms with Gasteiger partial charge in [-0.05, 0) is 57.2 Å². The highest BCUT2D eigenvalue weighted by Crippen LogP contribution is 2.42. The van der Waals surface area contributed by atoms with E-state index in [2.05, 4.69) is 24.1 Å². The highest BCUT2D eigenvalue weighted by atomic mass is 16.5. The Morgan fingerprint density at radius 1 is 1.40 bits per heavy atom. The molecule has 4 heteroatoms. The lowest BCUT2D eigenvalue weighted by molar-refractivity contribution is -0.150. The SMILES string of the molecule is CCC1(C)CCN(CC(NC)(C(=O)OC)C2CC2)CC1. The fourth-order valence-corrected chi connectivity index (χ4v) is 3.46. The summed E-state index contributed by atoms with van der Waals surface area (Å²) in [5.41, 5.74) is -0.00163. The first-order valence-corrected chi connectivity index (χ1v) is 7.99. The summed E-state index contributed by atoms with van der Waals surface area (Å²) >= 11 is 0. The largest absolute Gasteiger partial charge is 0.468 e. The lowest BCUT2D eigenvalue weighted by Gasteiger charge is -2.43. The van der Waals surface area contributed by atoms with Gasteiger partial charge in [0.2, 0.25) is 0 Å². The minimum Gasteiger partial charge on any atom is -0.468 e. The first-order chi connectivity index (χ1) is 9.49. The predicted molar refractivity (Wildman–Crippen MR) is 80.6 cm³/mol. The normalized spacial score (nSPS) is 26.0. The summed E-state index contributed by atoms with van der Waals surface area (Å²) in [5, 5.41) is 3.29. The van der Waals surface area contributed by atoms with Crippen LogP contribution in [0.25, 0.3) is 0 Å². The second kappa shape index (κ2) is 6.02. The summed E-state index contributed by atoms with van der Waals surface area (Å²) in [6, 6.07) is 0. The van der Waals surface area contributed by atoms with Gasteiger partial charge in [-0.2, -0.15) is 0 Å². The summed E-state index contributed by atoms with van der Waals surface area (Å²) in [6.45, 7) is 7.65. The van der Waals surface area contributed by atoms with Crippen molar-refractivity contribution in [1.82, 2.24) is 10.2 Å². The molecule has 2 rings (SSSR count). The van der Waals surface area contributed by atoms with Crippen molar-refractivity contribution in [3.05, 3.63) is 0 Å². The van der Waals surface area contributed by atoms with E-state index in [1.165, 1.54) is 26.4 Å². The molecule has 0 aromatic carbocycles. The number of carbonyl (C=O) groups excluding carboxylic acids is 1. The molecule has 1 saturated heterocycles. The molecule has 0 radical (unpaired) electrons. The van der Waals surface area contributed by atoms with E-state index in [-0.39, 0.29) is 5.97 Å². The van der Waals surface area contributed by atoms with E-state index in [0.717, 1.165) is 32.5 Å². The van der Waals surface area contributed by atoms with E-state index >= 15 is 0 Å². The van der Waals surface area contributed by atoms with Crippen LogP contribution in [0.2, 0.25) is 0 Å². The van der Waals surface area contributed by atoms with Crippen LogP contribution in [0.3, 0.4) is 0 Å². The Kier molecular flexibility index (Phi) is 4.75. The first kappa shape index (κ1) is 15.8. The molecule has 1 saturated carbocycles. The van der Waals surface area contributed by atoms with Crippen LogP contribution in [0.5, 0.6) is 0 Å². The number of nitrogens with zero attached hydrogens (tertiary/aromatic N) is 1. The van der Waals surface area contributed by atoms with Crippen molar-refractivity contribution < 1.29 is 9.53 Å². The maximum absolute atomic E-state index is 12.3. The molecule has 0 spiro atoms. The molecule has 0 aromatic rings. The Hall–Kier alpha value is -0.610. The number of piperidine rings is 1. The molecule has 1 aliphatic heterocycles. The lowest BCUT2D eigenvalue weighted by Crippen LogP contribution is -2.61. The molecule has 1 aliphatic carbocycles. The topological polar surface area (TPSA) is 41.6 Å². The van der Waals surface area contributed by atoms with E-state index in [4.69, 9.17) is 4.74 Å². The van der Waals surface area contributed by atoms with Gasteiger partial charge in [0.25, 0.3) is 0 Å². The van der Waals surface area contributed by atoms with Crippen LogP contribution in [-0.2, 0) is 9.53 Å². The maximum atomic E-state index is 12.3. The average molecular weight is 282 g/mol. The molecule has 2 aliphatic rings. The quantitative estimate of drug-likeness (QED) is 0.757. The highest BCUT2D eigenvalue weighted by Gasteiger charge is 2.52. The summed E-state index contributed by atoms with van der Waals surface area (Å²) in [7, 11) is 3.40. The molecule has 0 amide bonds. The fourth-order valence-electron chi connectivity index (χ4n) is 3.46. The van der Waals surface area contributed by atoms with Crippen LogP contribution in [0, 0.1) is 11.3 Å². The third-order valence-corrected chi connectivity index (χ3v) is 5.66. The summed E-state index contributed by atoms with van der Waals surface area (Å²) in [6.07, 6.45) is 5.98. The summed E-state index contributed by atoms with van der Waals surface area (Å²) < 4.78 is 5.08. The van der Waals surface area contributed by atoms with Gasteiger partial charge in [-0.25, -0.2) is 4.79 Å². The van der Waals surface area contributed by atoms with E-state index in [1.807, 2.05) is 7.05 Å². The van der Waals surface area contributed by atoms with Crippen molar-refractivity contribution in [3.63, 3.8) is 0 Å². The molecule has 116 valence electrons. The monoisotopic (exact) mass is 282 g/mol. The molecule has 2 fully saturated rings. The molecule has 1 atom stereocenters. The highest BCUT2D eigenvalue weighted by molar-refractivity contribution is 5.82. The third kappa shape index (κ3) is 3.01. The Bertz CT molecular complexity index is 346. The Morgan fingerprint density at radius 2 is 2.00 bits per heavy atom. The molecule has 20 heavy (non-hydrogen) atoms. The van der Waals surface area contributed by atoms with Gasteiger partial charge in [0.15, 0.2) is 0 Å². The van der Waals surface area contributed by atoms with Gasteiger partial charge in [-0.15, -0.1) is 0 Å². The molecule has 1 heterocycles. The van der Waals surface area contributed by atoms with E-state index in [0.29, 0.717) is 11.3 Å². The number of methoxy groups -OCH3 is 1. The van der Waals surface area contributed by atoms with Gasteiger partial charge in [-0.3, -0.25) is 0 Å². The molecule has 0 aromatic heterocycles. The average Bonchev–Trinajstić information content (AvgIpc) is 3.31. The molecule has 1 N–H and O–H groups in total. The van der Waals surface area contributed by atoms with Crippen LogP contribution in [0.1, 0.15) is 46.0 Å². The van der Waals surface area contributed by atoms with Gasteiger partial charge in [-0.1, -0.05) is 20.3 Å². The van der Waals surface area contributed by atoms with Crippen molar-refractivity contribution in [2.75, 3.05) is 33.8 Å². The molecule has 1 unspecified atom stereocenters. The van der Waals surface area contributed by atoms with Crippen molar-refractivity contribution in [1.29, 1.82) is 0 Å². The van der Waals surface area contributed by atoms with Crippen LogP contribution in [0.15, 0.2) is 0 Å². The number of carbonyl (C=O) groups is 1. The molecule has 4 nitrogen and oxygen atoms in total. The number of rotatable bonds is 6. The van der Waals surface area contributed by atoms with Crippen LogP contribution in [0.4, 0.5) is 0 Å². The number of likely N-dealkylation sites (tertiary alicyclic amines) is 1. The number of esters is 1. The fraction of sp³-hybridized carbons (Fsp3) is 0.938. The van der Waals surface area contributed by atoms with E-state index in [1.54, 1.807) is 0 Å². The number of ether oxygens (including phenoxy) is 1. The molecular formula is C16H30N2O2. The van der Waals surface area contributed by atoms with Crippen molar-refractivity contribution >= 4 is 5.97 Å². The van der Waals surface area contributed by atoms with Crippen LogP contribution < -0.4 is 5.32 Å². The number of hydrogen-bond acceptors (Lipinski definition) is 4. The first-order valence-electron chi connectivity index (χ1n) is 7.99. The second-order valence-electron chi connectivity index (χ2n) is 6.93. The van der Waals surface area contributed by atoms with Crippen molar-refractivity contribution in [3.8, 4) is 0 Å². The summed E-state index contributed by atoms with van der Waals surface area (Å²) in [5.74, 6) is 0.353. The van der Waals surface area contributed by atoms with E-state index < -0.39 is 5.54 Å². The Balaban J connectivity index is 2.01. The standard InChI is InChI=1S/C16H30N2O2/c1-5-15(2)8-10-18(11-9-15)12-16(17-3,13-6-7-13)14(19)20-4/h13,17H,5-12H2,1-4H3. The van der Waals surface area contributed by atoms with Gasteiger partial charge >= 0.3 is 5.97 Å². The zero-order valence-electron chi connectivity index (χ0n) is 13.5. The van der Waals surface area contributed by atoms with Gasteiger partial charge in [0.1, 0.15) is 5.54 Å². The minimum atomic E-state index is -0.491.